The molecule has 0 amide bonds. The van der Waals surface area contributed by atoms with E-state index in [1.807, 2.05) is 30.3 Å². The molecule has 1 saturated heterocycles. The minimum Gasteiger partial charge on any atom is -0.389 e. The monoisotopic (exact) mass is 309 g/mol. The average Bonchev–Trinajstić information content (AvgIpc) is 2.49. The number of thiocarbonyl (C=S) groups is 1. The van der Waals surface area contributed by atoms with Gasteiger partial charge >= 0.3 is 0 Å². The zero-order chi connectivity index (χ0) is 15.1. The second kappa shape index (κ2) is 8.29. The summed E-state index contributed by atoms with van der Waals surface area (Å²) in [5.74, 6) is 0. The van der Waals surface area contributed by atoms with Crippen LogP contribution in [0.3, 0.4) is 0 Å². The molecule has 2 N–H and O–H groups in total. The Morgan fingerprint density at radius 1 is 1.29 bits per heavy atom. The normalized spacial score (nSPS) is 17.5. The fourth-order valence-electron chi connectivity index (χ4n) is 2.40. The Kier molecular flexibility index (Phi) is 6.38. The molecule has 0 saturated carbocycles. The van der Waals surface area contributed by atoms with Gasteiger partial charge in [-0.15, -0.1) is 0 Å². The number of rotatable bonds is 5. The van der Waals surface area contributed by atoms with Gasteiger partial charge in [-0.05, 0) is 24.4 Å². The molecule has 1 heterocycles. The van der Waals surface area contributed by atoms with E-state index in [-0.39, 0.29) is 0 Å². The topological polar surface area (TPSA) is 48.0 Å². The van der Waals surface area contributed by atoms with Crippen molar-refractivity contribution >= 4 is 23.0 Å². The third-order valence-electron chi connectivity index (χ3n) is 3.51. The maximum absolute atomic E-state index is 9.75. The third-order valence-corrected chi connectivity index (χ3v) is 3.87. The summed E-state index contributed by atoms with van der Waals surface area (Å²) in [6.45, 7) is 4.58. The highest BCUT2D eigenvalue weighted by Crippen LogP contribution is 2.09. The fourth-order valence-corrected chi connectivity index (χ4v) is 2.70. The van der Waals surface area contributed by atoms with Gasteiger partial charge in [-0.1, -0.05) is 18.2 Å². The molecule has 5 nitrogen and oxygen atoms in total. The van der Waals surface area contributed by atoms with Gasteiger partial charge in [0.15, 0.2) is 5.11 Å². The highest BCUT2D eigenvalue weighted by molar-refractivity contribution is 7.80. The van der Waals surface area contributed by atoms with Crippen molar-refractivity contribution in [2.24, 2.45) is 0 Å². The Labute approximate surface area is 131 Å². The van der Waals surface area contributed by atoms with E-state index < -0.39 is 6.10 Å². The smallest absolute Gasteiger partial charge is 0.173 e. The number of piperazine rings is 1. The average molecular weight is 309 g/mol. The van der Waals surface area contributed by atoms with Crippen LogP contribution in [0, 0.1) is 0 Å². The summed E-state index contributed by atoms with van der Waals surface area (Å²) in [6.07, 6.45) is -0.420. The minimum atomic E-state index is -0.420. The molecule has 0 unspecified atom stereocenters. The number of benzene rings is 1. The molecule has 0 aromatic heterocycles. The van der Waals surface area contributed by atoms with Crippen LogP contribution in [0.4, 0.5) is 5.69 Å². The van der Waals surface area contributed by atoms with Crippen molar-refractivity contribution in [3.8, 4) is 0 Å². The lowest BCUT2D eigenvalue weighted by Crippen LogP contribution is -2.51. The zero-order valence-corrected chi connectivity index (χ0v) is 13.2. The van der Waals surface area contributed by atoms with Gasteiger partial charge in [0.25, 0.3) is 0 Å². The van der Waals surface area contributed by atoms with Gasteiger partial charge < -0.3 is 20.1 Å². The van der Waals surface area contributed by atoms with Crippen LogP contribution in [-0.4, -0.2) is 72.6 Å². The molecule has 116 valence electrons. The van der Waals surface area contributed by atoms with Crippen LogP contribution in [0.25, 0.3) is 0 Å². The molecular formula is C15H23N3O2S. The van der Waals surface area contributed by atoms with E-state index in [1.54, 1.807) is 7.11 Å². The van der Waals surface area contributed by atoms with E-state index in [1.165, 1.54) is 0 Å². The van der Waals surface area contributed by atoms with Crippen LogP contribution < -0.4 is 5.32 Å². The van der Waals surface area contributed by atoms with Gasteiger partial charge in [0.05, 0.1) is 12.7 Å². The molecule has 2 rings (SSSR count). The van der Waals surface area contributed by atoms with Crippen molar-refractivity contribution in [3.63, 3.8) is 0 Å². The number of aliphatic hydroxyl groups is 1. The maximum atomic E-state index is 9.75. The molecule has 1 aromatic rings. The van der Waals surface area contributed by atoms with Crippen molar-refractivity contribution in [3.05, 3.63) is 30.3 Å². The predicted octanol–water partition coefficient (Wildman–Crippen LogP) is 1.01. The quantitative estimate of drug-likeness (QED) is 0.792. The third kappa shape index (κ3) is 5.24. The summed E-state index contributed by atoms with van der Waals surface area (Å²) < 4.78 is 4.95. The van der Waals surface area contributed by atoms with Gasteiger partial charge in [0, 0.05) is 45.5 Å². The van der Waals surface area contributed by atoms with Crippen molar-refractivity contribution < 1.29 is 9.84 Å². The number of hydrogen-bond acceptors (Lipinski definition) is 4. The summed E-state index contributed by atoms with van der Waals surface area (Å²) in [4.78, 5) is 4.41. The first kappa shape index (κ1) is 16.2. The van der Waals surface area contributed by atoms with E-state index in [2.05, 4.69) is 15.1 Å². The highest BCUT2D eigenvalue weighted by atomic mass is 32.1. The number of nitrogens with one attached hydrogen (secondary N) is 1. The SMILES string of the molecule is COC[C@H](O)CN1CCN(C(=S)Nc2ccccc2)CC1. The van der Waals surface area contributed by atoms with Gasteiger partial charge in [0.2, 0.25) is 0 Å². The number of anilines is 1. The van der Waals surface area contributed by atoms with E-state index in [0.717, 1.165) is 37.0 Å². The molecule has 0 spiro atoms. The van der Waals surface area contributed by atoms with Crippen LogP contribution in [0.5, 0.6) is 0 Å². The lowest BCUT2D eigenvalue weighted by Gasteiger charge is -2.36. The number of ether oxygens (including phenoxy) is 1. The molecule has 0 bridgehead atoms. The second-order valence-corrected chi connectivity index (χ2v) is 5.58. The Balaban J connectivity index is 1.74. The van der Waals surface area contributed by atoms with E-state index in [9.17, 15) is 5.11 Å². The molecule has 6 heteroatoms. The Morgan fingerprint density at radius 3 is 2.57 bits per heavy atom. The molecule has 1 atom stereocenters. The number of para-hydroxylation sites is 1. The summed E-state index contributed by atoms with van der Waals surface area (Å²) >= 11 is 5.45. The van der Waals surface area contributed by atoms with Crippen LogP contribution in [0.15, 0.2) is 30.3 Å². The maximum Gasteiger partial charge on any atom is 0.173 e. The van der Waals surface area contributed by atoms with Gasteiger partial charge in [-0.25, -0.2) is 0 Å². The summed E-state index contributed by atoms with van der Waals surface area (Å²) in [5.41, 5.74) is 1.01. The standard InChI is InChI=1S/C15H23N3O2S/c1-20-12-14(19)11-17-7-9-18(10-8-17)15(21)16-13-5-3-2-4-6-13/h2-6,14,19H,7-12H2,1H3,(H,16,21)/t14-/m1/s1. The van der Waals surface area contributed by atoms with Crippen LogP contribution >= 0.6 is 12.2 Å². The van der Waals surface area contributed by atoms with E-state index in [4.69, 9.17) is 17.0 Å². The molecule has 1 aromatic carbocycles. The number of methoxy groups -OCH3 is 1. The molecule has 0 radical (unpaired) electrons. The van der Waals surface area contributed by atoms with Gasteiger partial charge in [-0.3, -0.25) is 4.90 Å². The minimum absolute atomic E-state index is 0.383. The van der Waals surface area contributed by atoms with Crippen LogP contribution in [0.1, 0.15) is 0 Å². The number of nitrogens with zero attached hydrogens (tertiary/aromatic N) is 2. The number of hydrogen-bond donors (Lipinski definition) is 2. The molecule has 1 fully saturated rings. The highest BCUT2D eigenvalue weighted by Gasteiger charge is 2.20. The number of β-amino-alcohol motifs (C(OH)–C–C–N with tert-alkyl or cyclic N) is 1. The lowest BCUT2D eigenvalue weighted by atomic mass is 10.2. The van der Waals surface area contributed by atoms with Crippen LogP contribution in [0.2, 0.25) is 0 Å². The van der Waals surface area contributed by atoms with E-state index in [0.29, 0.717) is 13.2 Å². The van der Waals surface area contributed by atoms with Crippen molar-refractivity contribution in [2.75, 3.05) is 51.8 Å². The van der Waals surface area contributed by atoms with Crippen molar-refractivity contribution in [1.82, 2.24) is 9.80 Å². The lowest BCUT2D eigenvalue weighted by molar-refractivity contribution is 0.0299. The zero-order valence-electron chi connectivity index (χ0n) is 12.4. The molecule has 1 aliphatic heterocycles. The van der Waals surface area contributed by atoms with E-state index >= 15 is 0 Å². The predicted molar refractivity (Wildman–Crippen MR) is 88.6 cm³/mol. The summed E-state index contributed by atoms with van der Waals surface area (Å²) in [7, 11) is 1.61. The number of aliphatic hydroxyl groups excluding tert-OH is 1. The Hall–Kier alpha value is -1.21. The van der Waals surface area contributed by atoms with Gasteiger partial charge in [0.1, 0.15) is 0 Å². The Bertz CT molecular complexity index is 436. The first-order chi connectivity index (χ1) is 10.2. The largest absolute Gasteiger partial charge is 0.389 e. The molecule has 1 aliphatic rings. The van der Waals surface area contributed by atoms with Crippen LogP contribution in [-0.2, 0) is 4.74 Å². The first-order valence-corrected chi connectivity index (χ1v) is 7.60. The van der Waals surface area contributed by atoms with Gasteiger partial charge in [-0.2, -0.15) is 0 Å². The molecule has 21 heavy (non-hydrogen) atoms. The molecule has 0 aliphatic carbocycles. The Morgan fingerprint density at radius 2 is 1.95 bits per heavy atom. The molecular weight excluding hydrogens is 286 g/mol. The summed E-state index contributed by atoms with van der Waals surface area (Å²) in [6, 6.07) is 9.96. The van der Waals surface area contributed by atoms with Crippen molar-refractivity contribution in [1.29, 1.82) is 0 Å². The fraction of sp³-hybridized carbons (Fsp3) is 0.533. The second-order valence-electron chi connectivity index (χ2n) is 5.19. The summed E-state index contributed by atoms with van der Waals surface area (Å²) in [5, 5.41) is 13.8. The van der Waals surface area contributed by atoms with Crippen molar-refractivity contribution in [2.45, 2.75) is 6.10 Å². The first-order valence-electron chi connectivity index (χ1n) is 7.19.